The van der Waals surface area contributed by atoms with E-state index < -0.39 is 0 Å². The second-order valence-electron chi connectivity index (χ2n) is 7.08. The number of fused-ring (bicyclic) bond motifs is 1. The molecular formula is C13H16. The molecule has 6 unspecified atom stereocenters. The first-order valence-corrected chi connectivity index (χ1v) is 6.37. The first-order valence-electron chi connectivity index (χ1n) is 6.37. The zero-order valence-electron chi connectivity index (χ0n) is 8.11. The molecule has 7 rings (SSSR count). The van der Waals surface area contributed by atoms with E-state index in [1.165, 1.54) is 47.3 Å². The Bertz CT molecular complexity index is 359. The Kier molecular flexibility index (Phi) is 0.527. The SMILES string of the molecule is C[C@@H]1C2C3C4CC5[C@H]2C([C@@H]2C[C@H]12)C435. The van der Waals surface area contributed by atoms with Gasteiger partial charge in [-0.2, -0.15) is 0 Å². The molecule has 7 saturated carbocycles. The molecule has 0 aliphatic heterocycles. The van der Waals surface area contributed by atoms with Crippen LogP contribution in [-0.2, 0) is 0 Å². The smallest absolute Gasteiger partial charge is 0.0167 e. The van der Waals surface area contributed by atoms with Crippen molar-refractivity contribution in [2.45, 2.75) is 19.8 Å². The molecule has 0 amide bonds. The van der Waals surface area contributed by atoms with Crippen molar-refractivity contribution in [2.75, 3.05) is 0 Å². The fraction of sp³-hybridized carbons (Fsp3) is 1.00. The van der Waals surface area contributed by atoms with Crippen LogP contribution in [0.3, 0.4) is 0 Å². The van der Waals surface area contributed by atoms with E-state index in [2.05, 4.69) is 6.92 Å². The minimum Gasteiger partial charge on any atom is -0.0619 e. The Morgan fingerprint density at radius 1 is 0.923 bits per heavy atom. The first kappa shape index (κ1) is 5.78. The zero-order chi connectivity index (χ0) is 8.11. The summed E-state index contributed by atoms with van der Waals surface area (Å²) < 4.78 is 0. The molecule has 13 heavy (non-hydrogen) atoms. The van der Waals surface area contributed by atoms with E-state index in [0.717, 1.165) is 11.3 Å². The van der Waals surface area contributed by atoms with Gasteiger partial charge in [0.05, 0.1) is 0 Å². The summed E-state index contributed by atoms with van der Waals surface area (Å²) in [6.45, 7) is 2.59. The summed E-state index contributed by atoms with van der Waals surface area (Å²) in [6, 6.07) is 0. The summed E-state index contributed by atoms with van der Waals surface area (Å²) in [6.07, 6.45) is 3.32. The summed E-state index contributed by atoms with van der Waals surface area (Å²) in [7, 11) is 0. The molecule has 0 heterocycles. The average Bonchev–Trinajstić information content (AvgIpc) is 2.93. The lowest BCUT2D eigenvalue weighted by Crippen LogP contribution is -2.58. The Balaban J connectivity index is 1.66. The van der Waals surface area contributed by atoms with E-state index in [4.69, 9.17) is 0 Å². The fourth-order valence-electron chi connectivity index (χ4n) is 7.62. The molecule has 7 aliphatic rings. The van der Waals surface area contributed by atoms with Crippen molar-refractivity contribution in [1.82, 2.24) is 0 Å². The molecule has 0 aromatic carbocycles. The average molecular weight is 172 g/mol. The minimum absolute atomic E-state index is 1.06. The molecule has 0 heteroatoms. The van der Waals surface area contributed by atoms with Gasteiger partial charge in [0, 0.05) is 0 Å². The predicted molar refractivity (Wildman–Crippen MR) is 48.8 cm³/mol. The maximum absolute atomic E-state index is 2.59. The van der Waals surface area contributed by atoms with Gasteiger partial charge >= 0.3 is 0 Å². The van der Waals surface area contributed by atoms with Gasteiger partial charge in [0.25, 0.3) is 0 Å². The van der Waals surface area contributed by atoms with Gasteiger partial charge in [-0.25, -0.2) is 0 Å². The van der Waals surface area contributed by atoms with Crippen molar-refractivity contribution >= 4 is 0 Å². The normalized spacial score (nSPS) is 93.5. The molecule has 7 fully saturated rings. The monoisotopic (exact) mass is 172 g/mol. The molecule has 0 radical (unpaired) electrons. The van der Waals surface area contributed by atoms with Gasteiger partial charge in [-0.15, -0.1) is 0 Å². The number of rotatable bonds is 0. The Labute approximate surface area is 79.1 Å². The van der Waals surface area contributed by atoms with Crippen LogP contribution in [-0.4, -0.2) is 0 Å². The topological polar surface area (TPSA) is 0 Å². The van der Waals surface area contributed by atoms with E-state index in [0.29, 0.717) is 0 Å². The lowest BCUT2D eigenvalue weighted by atomic mass is 9.42. The molecular weight excluding hydrogens is 156 g/mol. The van der Waals surface area contributed by atoms with Gasteiger partial charge < -0.3 is 0 Å². The molecule has 0 N–H and O–H groups in total. The Hall–Kier alpha value is 0. The van der Waals surface area contributed by atoms with Crippen molar-refractivity contribution < 1.29 is 0 Å². The highest BCUT2D eigenvalue weighted by molar-refractivity contribution is 5.44. The molecule has 0 nitrogen and oxygen atoms in total. The Morgan fingerprint density at radius 2 is 1.85 bits per heavy atom. The van der Waals surface area contributed by atoms with Gasteiger partial charge in [-0.05, 0) is 71.5 Å². The summed E-state index contributed by atoms with van der Waals surface area (Å²) >= 11 is 0. The standard InChI is InChI=1S/C13H16/c1-4-5-2-6(5)11-10-7-3-8-12(9(4)10)13(7,8)11/h4-12H,2-3H2,1H3/t4-,5+,6+,7?,8?,9?,10+,11?,12?,13?/m0/s1. The second kappa shape index (κ2) is 1.19. The van der Waals surface area contributed by atoms with Crippen LogP contribution < -0.4 is 0 Å². The van der Waals surface area contributed by atoms with Gasteiger partial charge in [0.2, 0.25) is 0 Å². The molecule has 4 bridgehead atoms. The highest BCUT2D eigenvalue weighted by Gasteiger charge is 2.98. The van der Waals surface area contributed by atoms with E-state index >= 15 is 0 Å². The van der Waals surface area contributed by atoms with Crippen LogP contribution >= 0.6 is 0 Å². The lowest BCUT2D eigenvalue weighted by Gasteiger charge is -2.62. The minimum atomic E-state index is 1.06. The highest BCUT2D eigenvalue weighted by atomic mass is 15.0. The molecule has 0 saturated heterocycles. The number of hydrogen-bond acceptors (Lipinski definition) is 0. The second-order valence-corrected chi connectivity index (χ2v) is 7.08. The molecule has 1 spiro atoms. The predicted octanol–water partition coefficient (Wildman–Crippen LogP) is 2.40. The summed E-state index contributed by atoms with van der Waals surface area (Å²) in [5.74, 6) is 11.3. The van der Waals surface area contributed by atoms with Crippen LogP contribution in [0.25, 0.3) is 0 Å². The van der Waals surface area contributed by atoms with Crippen molar-refractivity contribution in [3.05, 3.63) is 0 Å². The summed E-state index contributed by atoms with van der Waals surface area (Å²) in [5, 5.41) is 0. The largest absolute Gasteiger partial charge is 0.0619 e. The third-order valence-electron chi connectivity index (χ3n) is 7.64. The van der Waals surface area contributed by atoms with Crippen molar-refractivity contribution in [3.8, 4) is 0 Å². The number of hydrogen-bond donors (Lipinski definition) is 0. The third kappa shape index (κ3) is 0.293. The van der Waals surface area contributed by atoms with Crippen molar-refractivity contribution in [1.29, 1.82) is 0 Å². The zero-order valence-corrected chi connectivity index (χ0v) is 8.11. The maximum Gasteiger partial charge on any atom is -0.0167 e. The molecule has 10 atom stereocenters. The van der Waals surface area contributed by atoms with E-state index in [1.54, 1.807) is 12.8 Å². The first-order chi connectivity index (χ1) is 6.37. The van der Waals surface area contributed by atoms with Gasteiger partial charge in [-0.3, -0.25) is 0 Å². The summed E-state index contributed by atoms with van der Waals surface area (Å²) in [5.41, 5.74) is 1.06. The lowest BCUT2D eigenvalue weighted by molar-refractivity contribution is -0.150. The van der Waals surface area contributed by atoms with Crippen LogP contribution in [0.1, 0.15) is 19.8 Å². The maximum atomic E-state index is 2.59. The van der Waals surface area contributed by atoms with Crippen LogP contribution in [0.5, 0.6) is 0 Å². The molecule has 7 aliphatic carbocycles. The van der Waals surface area contributed by atoms with Crippen LogP contribution in [0.2, 0.25) is 0 Å². The van der Waals surface area contributed by atoms with Crippen molar-refractivity contribution in [3.63, 3.8) is 0 Å². The van der Waals surface area contributed by atoms with Crippen LogP contribution in [0.4, 0.5) is 0 Å². The van der Waals surface area contributed by atoms with Crippen molar-refractivity contribution in [2.24, 2.45) is 58.7 Å². The van der Waals surface area contributed by atoms with E-state index in [-0.39, 0.29) is 0 Å². The van der Waals surface area contributed by atoms with Gasteiger partial charge in [0.15, 0.2) is 0 Å². The molecule has 0 aromatic heterocycles. The summed E-state index contributed by atoms with van der Waals surface area (Å²) in [4.78, 5) is 0. The van der Waals surface area contributed by atoms with Gasteiger partial charge in [0.1, 0.15) is 0 Å². The third-order valence-corrected chi connectivity index (χ3v) is 7.64. The Morgan fingerprint density at radius 3 is 2.69 bits per heavy atom. The highest BCUT2D eigenvalue weighted by Crippen LogP contribution is 3.02. The van der Waals surface area contributed by atoms with Crippen LogP contribution in [0, 0.1) is 58.7 Å². The fourth-order valence-corrected chi connectivity index (χ4v) is 7.62. The van der Waals surface area contributed by atoms with E-state index in [1.807, 2.05) is 0 Å². The quantitative estimate of drug-likeness (QED) is 0.526. The molecule has 0 aromatic rings. The molecule has 68 valence electrons. The van der Waals surface area contributed by atoms with E-state index in [9.17, 15) is 0 Å². The van der Waals surface area contributed by atoms with Gasteiger partial charge in [-0.1, -0.05) is 6.92 Å². The van der Waals surface area contributed by atoms with Crippen LogP contribution in [0.15, 0.2) is 0 Å².